The van der Waals surface area contributed by atoms with Gasteiger partial charge in [0.25, 0.3) is 0 Å². The standard InChI is InChI=1S/C17H16N4O3/c22-16(11-21-15-9-5-4-8-13(15)19-20-21)18-14(10-17(23)24)12-6-2-1-3-7-12/h1-9,14H,10-11H2,(H,18,22)(H,23,24)/t14-/m1/s1. The van der Waals surface area contributed by atoms with Crippen LogP contribution in [0.15, 0.2) is 54.6 Å². The van der Waals surface area contributed by atoms with Gasteiger partial charge in [0.05, 0.1) is 18.0 Å². The van der Waals surface area contributed by atoms with Gasteiger partial charge in [0, 0.05) is 0 Å². The molecule has 0 aliphatic rings. The molecule has 2 N–H and O–H groups in total. The third-order valence-electron chi connectivity index (χ3n) is 3.63. The number of carbonyl (C=O) groups is 2. The minimum Gasteiger partial charge on any atom is -0.481 e. The Morgan fingerprint density at radius 1 is 1.08 bits per heavy atom. The Balaban J connectivity index is 1.75. The van der Waals surface area contributed by atoms with E-state index in [1.807, 2.05) is 30.3 Å². The SMILES string of the molecule is O=C(O)C[C@@H](NC(=O)Cn1nnc2ccccc21)c1ccccc1. The number of nitrogens with one attached hydrogen (secondary N) is 1. The molecule has 0 radical (unpaired) electrons. The van der Waals surface area contributed by atoms with E-state index in [1.165, 1.54) is 4.68 Å². The fourth-order valence-electron chi connectivity index (χ4n) is 2.52. The van der Waals surface area contributed by atoms with Crippen LogP contribution in [-0.4, -0.2) is 32.0 Å². The first-order valence-corrected chi connectivity index (χ1v) is 7.48. The fourth-order valence-corrected chi connectivity index (χ4v) is 2.52. The number of benzene rings is 2. The molecule has 3 aromatic rings. The summed E-state index contributed by atoms with van der Waals surface area (Å²) < 4.78 is 1.49. The number of carboxylic acid groups (broad SMARTS) is 1. The Kier molecular flexibility index (Phi) is 4.51. The van der Waals surface area contributed by atoms with Gasteiger partial charge in [-0.3, -0.25) is 9.59 Å². The van der Waals surface area contributed by atoms with E-state index in [1.54, 1.807) is 24.3 Å². The van der Waals surface area contributed by atoms with Crippen molar-refractivity contribution in [3.8, 4) is 0 Å². The van der Waals surface area contributed by atoms with E-state index in [-0.39, 0.29) is 18.9 Å². The zero-order chi connectivity index (χ0) is 16.9. The highest BCUT2D eigenvalue weighted by Gasteiger charge is 2.18. The average Bonchev–Trinajstić information content (AvgIpc) is 2.98. The summed E-state index contributed by atoms with van der Waals surface area (Å²) in [6, 6.07) is 15.8. The summed E-state index contributed by atoms with van der Waals surface area (Å²) in [6.07, 6.45) is -0.187. The predicted octanol–water partition coefficient (Wildman–Crippen LogP) is 1.76. The summed E-state index contributed by atoms with van der Waals surface area (Å²) in [6.45, 7) is -0.0243. The second-order valence-electron chi connectivity index (χ2n) is 5.36. The number of rotatable bonds is 6. The molecule has 1 amide bonds. The number of nitrogens with zero attached hydrogens (tertiary/aromatic N) is 3. The molecule has 24 heavy (non-hydrogen) atoms. The first-order chi connectivity index (χ1) is 11.6. The van der Waals surface area contributed by atoms with E-state index in [4.69, 9.17) is 5.11 Å². The average molecular weight is 324 g/mol. The van der Waals surface area contributed by atoms with Crippen LogP contribution in [0.25, 0.3) is 11.0 Å². The molecule has 7 heteroatoms. The van der Waals surface area contributed by atoms with Crippen molar-refractivity contribution in [1.82, 2.24) is 20.3 Å². The van der Waals surface area contributed by atoms with Crippen LogP contribution in [0, 0.1) is 0 Å². The van der Waals surface area contributed by atoms with Gasteiger partial charge in [-0.25, -0.2) is 4.68 Å². The molecule has 0 saturated carbocycles. The van der Waals surface area contributed by atoms with Gasteiger partial charge in [-0.2, -0.15) is 0 Å². The zero-order valence-corrected chi connectivity index (χ0v) is 12.8. The van der Waals surface area contributed by atoms with E-state index in [2.05, 4.69) is 15.6 Å². The third-order valence-corrected chi connectivity index (χ3v) is 3.63. The monoisotopic (exact) mass is 324 g/mol. The van der Waals surface area contributed by atoms with Crippen molar-refractivity contribution < 1.29 is 14.7 Å². The number of hydrogen-bond acceptors (Lipinski definition) is 4. The van der Waals surface area contributed by atoms with Gasteiger partial charge in [0.2, 0.25) is 5.91 Å². The Labute approximate surface area is 137 Å². The third kappa shape index (κ3) is 3.57. The molecule has 122 valence electrons. The van der Waals surface area contributed by atoms with E-state index in [9.17, 15) is 9.59 Å². The van der Waals surface area contributed by atoms with Crippen LogP contribution >= 0.6 is 0 Å². The highest BCUT2D eigenvalue weighted by molar-refractivity contribution is 5.80. The Morgan fingerprint density at radius 3 is 2.54 bits per heavy atom. The van der Waals surface area contributed by atoms with Crippen molar-refractivity contribution in [2.75, 3.05) is 0 Å². The Morgan fingerprint density at radius 2 is 1.79 bits per heavy atom. The van der Waals surface area contributed by atoms with Crippen molar-refractivity contribution >= 4 is 22.9 Å². The molecule has 0 bridgehead atoms. The number of fused-ring (bicyclic) bond motifs is 1. The number of carbonyl (C=O) groups excluding carboxylic acids is 1. The minimum absolute atomic E-state index is 0.0243. The maximum atomic E-state index is 12.3. The summed E-state index contributed by atoms with van der Waals surface area (Å²) in [7, 11) is 0. The first kappa shape index (κ1) is 15.7. The van der Waals surface area contributed by atoms with Crippen LogP contribution in [0.1, 0.15) is 18.0 Å². The summed E-state index contributed by atoms with van der Waals surface area (Å²) in [5.41, 5.74) is 2.20. The Bertz CT molecular complexity index is 860. The van der Waals surface area contributed by atoms with E-state index >= 15 is 0 Å². The molecular formula is C17H16N4O3. The highest BCUT2D eigenvalue weighted by Crippen LogP contribution is 2.17. The number of amides is 1. The molecule has 1 aromatic heterocycles. The predicted molar refractivity (Wildman–Crippen MR) is 87.1 cm³/mol. The van der Waals surface area contributed by atoms with Crippen LogP contribution in [0.4, 0.5) is 0 Å². The van der Waals surface area contributed by atoms with E-state index in [0.717, 1.165) is 11.1 Å². The zero-order valence-electron chi connectivity index (χ0n) is 12.8. The molecule has 0 aliphatic carbocycles. The molecule has 3 rings (SSSR count). The van der Waals surface area contributed by atoms with Gasteiger partial charge in [-0.15, -0.1) is 5.10 Å². The van der Waals surface area contributed by atoms with Crippen LogP contribution in [0.3, 0.4) is 0 Å². The van der Waals surface area contributed by atoms with Crippen molar-refractivity contribution in [2.45, 2.75) is 19.0 Å². The van der Waals surface area contributed by atoms with E-state index in [0.29, 0.717) is 5.52 Å². The first-order valence-electron chi connectivity index (χ1n) is 7.48. The van der Waals surface area contributed by atoms with E-state index < -0.39 is 12.0 Å². The maximum Gasteiger partial charge on any atom is 0.305 e. The van der Waals surface area contributed by atoms with Crippen molar-refractivity contribution in [3.05, 3.63) is 60.2 Å². The maximum absolute atomic E-state index is 12.3. The lowest BCUT2D eigenvalue weighted by molar-refractivity contribution is -0.137. The van der Waals surface area contributed by atoms with Crippen molar-refractivity contribution in [3.63, 3.8) is 0 Å². The normalized spacial score (nSPS) is 12.0. The lowest BCUT2D eigenvalue weighted by atomic mass is 10.0. The quantitative estimate of drug-likeness (QED) is 0.720. The number of carboxylic acids is 1. The largest absolute Gasteiger partial charge is 0.481 e. The molecule has 0 saturated heterocycles. The highest BCUT2D eigenvalue weighted by atomic mass is 16.4. The van der Waals surface area contributed by atoms with Crippen molar-refractivity contribution in [1.29, 1.82) is 0 Å². The van der Waals surface area contributed by atoms with Crippen molar-refractivity contribution in [2.24, 2.45) is 0 Å². The molecule has 1 heterocycles. The number of para-hydroxylation sites is 1. The van der Waals surface area contributed by atoms with Gasteiger partial charge >= 0.3 is 5.97 Å². The van der Waals surface area contributed by atoms with Gasteiger partial charge in [0.15, 0.2) is 0 Å². The molecule has 0 spiro atoms. The molecule has 7 nitrogen and oxygen atoms in total. The van der Waals surface area contributed by atoms with Gasteiger partial charge in [-0.05, 0) is 17.7 Å². The van der Waals surface area contributed by atoms with Crippen LogP contribution in [0.5, 0.6) is 0 Å². The van der Waals surface area contributed by atoms with Gasteiger partial charge in [0.1, 0.15) is 12.1 Å². The Hall–Kier alpha value is -3.22. The van der Waals surface area contributed by atoms with Crippen LogP contribution in [0.2, 0.25) is 0 Å². The van der Waals surface area contributed by atoms with Crippen LogP contribution < -0.4 is 5.32 Å². The molecular weight excluding hydrogens is 308 g/mol. The molecule has 0 aliphatic heterocycles. The lowest BCUT2D eigenvalue weighted by Gasteiger charge is -2.17. The van der Waals surface area contributed by atoms with Crippen LogP contribution in [-0.2, 0) is 16.1 Å². The number of hydrogen-bond donors (Lipinski definition) is 2. The molecule has 2 aromatic carbocycles. The second kappa shape index (κ2) is 6.91. The van der Waals surface area contributed by atoms with Gasteiger partial charge in [-0.1, -0.05) is 47.7 Å². The molecule has 0 unspecified atom stereocenters. The summed E-state index contributed by atoms with van der Waals surface area (Å²) >= 11 is 0. The molecule has 0 fully saturated rings. The van der Waals surface area contributed by atoms with Gasteiger partial charge < -0.3 is 10.4 Å². The number of aliphatic carboxylic acids is 1. The lowest BCUT2D eigenvalue weighted by Crippen LogP contribution is -2.33. The molecule has 1 atom stereocenters. The minimum atomic E-state index is -0.977. The summed E-state index contributed by atoms with van der Waals surface area (Å²) in [5, 5.41) is 19.8. The summed E-state index contributed by atoms with van der Waals surface area (Å²) in [5.74, 6) is -1.30. The fraction of sp³-hybridized carbons (Fsp3) is 0.176. The number of aromatic nitrogens is 3. The second-order valence-corrected chi connectivity index (χ2v) is 5.36. The summed E-state index contributed by atoms with van der Waals surface area (Å²) in [4.78, 5) is 23.4. The topological polar surface area (TPSA) is 97.1 Å². The smallest absolute Gasteiger partial charge is 0.305 e.